The molecule has 0 saturated carbocycles. The molecule has 0 aromatic heterocycles. The molecule has 0 aliphatic rings. The van der Waals surface area contributed by atoms with Crippen LogP contribution in [0.5, 0.6) is 0 Å². The predicted octanol–water partition coefficient (Wildman–Crippen LogP) is 20.4. The molecule has 6 heteroatoms. The summed E-state index contributed by atoms with van der Waals surface area (Å²) in [4.78, 5) is 38.0. The number of allylic oxidation sites excluding steroid dienone is 6. The molecule has 69 heavy (non-hydrogen) atoms. The first kappa shape index (κ1) is 66.6. The zero-order valence-electron chi connectivity index (χ0n) is 46.3. The van der Waals surface area contributed by atoms with Gasteiger partial charge in [0.2, 0.25) is 0 Å². The van der Waals surface area contributed by atoms with Gasteiger partial charge in [0.05, 0.1) is 0 Å². The number of unbranched alkanes of at least 4 members (excludes halogenated alkanes) is 39. The lowest BCUT2D eigenvalue weighted by Gasteiger charge is -2.18. The van der Waals surface area contributed by atoms with Crippen LogP contribution in [0.3, 0.4) is 0 Å². The molecule has 0 heterocycles. The quantitative estimate of drug-likeness (QED) is 0.0261. The van der Waals surface area contributed by atoms with Crippen molar-refractivity contribution < 1.29 is 28.6 Å². The minimum atomic E-state index is -0.770. The number of carbonyl (C=O) groups is 3. The van der Waals surface area contributed by atoms with Crippen molar-refractivity contribution in [2.45, 2.75) is 335 Å². The summed E-state index contributed by atoms with van der Waals surface area (Å²) in [7, 11) is 0. The normalized spacial score (nSPS) is 12.2. The van der Waals surface area contributed by atoms with Crippen molar-refractivity contribution in [1.82, 2.24) is 0 Å². The van der Waals surface area contributed by atoms with Crippen LogP contribution in [0.2, 0.25) is 0 Å². The molecule has 0 radical (unpaired) electrons. The van der Waals surface area contributed by atoms with Crippen LogP contribution in [0.25, 0.3) is 0 Å². The number of rotatable bonds is 56. The second-order valence-electron chi connectivity index (χ2n) is 20.6. The van der Waals surface area contributed by atoms with Gasteiger partial charge in [-0.1, -0.05) is 269 Å². The van der Waals surface area contributed by atoms with Gasteiger partial charge in [0, 0.05) is 19.3 Å². The fourth-order valence-corrected chi connectivity index (χ4v) is 9.00. The molecule has 0 fully saturated rings. The fraction of sp³-hybridized carbons (Fsp3) is 0.857. The van der Waals surface area contributed by atoms with E-state index in [-0.39, 0.29) is 31.1 Å². The highest BCUT2D eigenvalue weighted by Gasteiger charge is 2.19. The Labute approximate surface area is 429 Å². The SMILES string of the molecule is CCCCC/C=C\C/C=C\CCCCCCCCCCCC(=O)OC(COC(=O)CCCCCCCCC)COC(=O)CCCCCCCCCCCCCCC/C=C\CCCCCCCCCC. The van der Waals surface area contributed by atoms with E-state index < -0.39 is 6.10 Å². The van der Waals surface area contributed by atoms with Crippen LogP contribution in [0.4, 0.5) is 0 Å². The van der Waals surface area contributed by atoms with Crippen molar-refractivity contribution in [3.05, 3.63) is 36.5 Å². The Morgan fingerprint density at radius 3 is 0.841 bits per heavy atom. The summed E-state index contributed by atoms with van der Waals surface area (Å²) in [6.45, 7) is 6.61. The van der Waals surface area contributed by atoms with E-state index in [1.165, 1.54) is 225 Å². The molecule has 0 aliphatic heterocycles. The topological polar surface area (TPSA) is 78.9 Å². The molecule has 1 atom stereocenters. The van der Waals surface area contributed by atoms with Crippen molar-refractivity contribution in [2.75, 3.05) is 13.2 Å². The van der Waals surface area contributed by atoms with Gasteiger partial charge in [0.15, 0.2) is 6.10 Å². The maximum absolute atomic E-state index is 12.8. The molecule has 0 amide bonds. The Balaban J connectivity index is 4.11. The van der Waals surface area contributed by atoms with Gasteiger partial charge in [-0.3, -0.25) is 14.4 Å². The molecule has 0 aromatic carbocycles. The van der Waals surface area contributed by atoms with Crippen LogP contribution in [-0.2, 0) is 28.6 Å². The molecule has 0 bridgehead atoms. The lowest BCUT2D eigenvalue weighted by molar-refractivity contribution is -0.167. The minimum Gasteiger partial charge on any atom is -0.462 e. The Hall–Kier alpha value is -2.37. The van der Waals surface area contributed by atoms with Crippen molar-refractivity contribution in [3.63, 3.8) is 0 Å². The Kier molecular flexibility index (Phi) is 56.2. The first-order chi connectivity index (χ1) is 34.0. The molecular formula is C63H116O6. The van der Waals surface area contributed by atoms with E-state index >= 15 is 0 Å². The zero-order valence-corrected chi connectivity index (χ0v) is 46.3. The lowest BCUT2D eigenvalue weighted by Crippen LogP contribution is -2.30. The van der Waals surface area contributed by atoms with Crippen LogP contribution in [0, 0.1) is 0 Å². The first-order valence-electron chi connectivity index (χ1n) is 30.5. The second-order valence-corrected chi connectivity index (χ2v) is 20.6. The Bertz CT molecular complexity index is 1160. The van der Waals surface area contributed by atoms with E-state index in [4.69, 9.17) is 14.2 Å². The van der Waals surface area contributed by atoms with E-state index in [1.807, 2.05) is 0 Å². The van der Waals surface area contributed by atoms with E-state index in [2.05, 4.69) is 57.2 Å². The highest BCUT2D eigenvalue weighted by molar-refractivity contribution is 5.71. The largest absolute Gasteiger partial charge is 0.462 e. The standard InChI is InChI=1S/C63H116O6/c1-4-7-10-13-16-18-20-22-24-26-28-29-30-31-32-33-35-36-38-40-42-44-47-50-53-56-62(65)68-59-60(58-67-61(64)55-52-49-46-15-12-9-6-3)69-63(66)57-54-51-48-45-43-41-39-37-34-27-25-23-21-19-17-14-11-8-5-2/h17,19,23,25-26,28,60H,4-16,18,20-22,24,27,29-59H2,1-3H3/b19-17-,25-23-,28-26-. The average molecular weight is 970 g/mol. The summed E-state index contributed by atoms with van der Waals surface area (Å²) in [5, 5.41) is 0. The molecule has 0 aromatic rings. The van der Waals surface area contributed by atoms with E-state index in [0.29, 0.717) is 19.3 Å². The predicted molar refractivity (Wildman–Crippen MR) is 298 cm³/mol. The fourth-order valence-electron chi connectivity index (χ4n) is 9.00. The van der Waals surface area contributed by atoms with Gasteiger partial charge in [-0.25, -0.2) is 0 Å². The van der Waals surface area contributed by atoms with Crippen molar-refractivity contribution >= 4 is 17.9 Å². The maximum Gasteiger partial charge on any atom is 0.306 e. The van der Waals surface area contributed by atoms with Gasteiger partial charge in [0.25, 0.3) is 0 Å². The zero-order chi connectivity index (χ0) is 50.0. The van der Waals surface area contributed by atoms with Gasteiger partial charge >= 0.3 is 17.9 Å². The molecule has 0 spiro atoms. The summed E-state index contributed by atoms with van der Waals surface area (Å²) in [6, 6.07) is 0. The van der Waals surface area contributed by atoms with E-state index in [0.717, 1.165) is 64.2 Å². The third-order valence-corrected chi connectivity index (χ3v) is 13.6. The highest BCUT2D eigenvalue weighted by Crippen LogP contribution is 2.17. The van der Waals surface area contributed by atoms with Crippen LogP contribution in [-0.4, -0.2) is 37.2 Å². The number of ether oxygens (including phenoxy) is 3. The summed E-state index contributed by atoms with van der Waals surface area (Å²) in [5.74, 6) is -0.865. The minimum absolute atomic E-state index is 0.0705. The van der Waals surface area contributed by atoms with E-state index in [9.17, 15) is 14.4 Å². The molecular weight excluding hydrogens is 853 g/mol. The van der Waals surface area contributed by atoms with Gasteiger partial charge in [0.1, 0.15) is 13.2 Å². The highest BCUT2D eigenvalue weighted by atomic mass is 16.6. The third-order valence-electron chi connectivity index (χ3n) is 13.6. The number of carbonyl (C=O) groups excluding carboxylic acids is 3. The summed E-state index contributed by atoms with van der Waals surface area (Å²) in [5.41, 5.74) is 0. The van der Waals surface area contributed by atoms with Gasteiger partial charge < -0.3 is 14.2 Å². The summed E-state index contributed by atoms with van der Waals surface area (Å²) < 4.78 is 16.8. The van der Waals surface area contributed by atoms with Crippen LogP contribution < -0.4 is 0 Å². The second kappa shape index (κ2) is 58.2. The van der Waals surface area contributed by atoms with Gasteiger partial charge in [-0.05, 0) is 77.0 Å². The maximum atomic E-state index is 12.8. The van der Waals surface area contributed by atoms with Crippen molar-refractivity contribution in [1.29, 1.82) is 0 Å². The Morgan fingerprint density at radius 2 is 0.522 bits per heavy atom. The first-order valence-corrected chi connectivity index (χ1v) is 30.5. The van der Waals surface area contributed by atoms with Crippen LogP contribution >= 0.6 is 0 Å². The molecule has 0 N–H and O–H groups in total. The average Bonchev–Trinajstić information content (AvgIpc) is 3.35. The van der Waals surface area contributed by atoms with Crippen molar-refractivity contribution in [3.8, 4) is 0 Å². The smallest absolute Gasteiger partial charge is 0.306 e. The summed E-state index contributed by atoms with van der Waals surface area (Å²) >= 11 is 0. The number of esters is 3. The molecule has 6 nitrogen and oxygen atoms in total. The van der Waals surface area contributed by atoms with Crippen molar-refractivity contribution in [2.24, 2.45) is 0 Å². The van der Waals surface area contributed by atoms with Gasteiger partial charge in [-0.15, -0.1) is 0 Å². The monoisotopic (exact) mass is 969 g/mol. The van der Waals surface area contributed by atoms with Crippen LogP contribution in [0.1, 0.15) is 329 Å². The molecule has 404 valence electrons. The van der Waals surface area contributed by atoms with Gasteiger partial charge in [-0.2, -0.15) is 0 Å². The van der Waals surface area contributed by atoms with Crippen LogP contribution in [0.15, 0.2) is 36.5 Å². The van der Waals surface area contributed by atoms with E-state index in [1.54, 1.807) is 0 Å². The number of hydrogen-bond acceptors (Lipinski definition) is 6. The molecule has 0 aliphatic carbocycles. The molecule has 0 saturated heterocycles. The number of hydrogen-bond donors (Lipinski definition) is 0. The lowest BCUT2D eigenvalue weighted by atomic mass is 10.0. The molecule has 1 unspecified atom stereocenters. The summed E-state index contributed by atoms with van der Waals surface area (Å²) in [6.07, 6.45) is 70.3. The third kappa shape index (κ3) is 56.4. The molecule has 0 rings (SSSR count). The Morgan fingerprint density at radius 1 is 0.290 bits per heavy atom.